The molecule has 2 aliphatic rings. The first-order chi connectivity index (χ1) is 21.2. The van der Waals surface area contributed by atoms with E-state index < -0.39 is 66.9 Å². The highest BCUT2D eigenvalue weighted by Gasteiger charge is 2.47. The maximum absolute atomic E-state index is 12.7. The lowest BCUT2D eigenvalue weighted by Gasteiger charge is -2.28. The highest BCUT2D eigenvalue weighted by atomic mass is 31.3. The van der Waals surface area contributed by atoms with E-state index in [2.05, 4.69) is 18.1 Å². The number of ether oxygens (including phenoxy) is 2. The summed E-state index contributed by atoms with van der Waals surface area (Å²) in [6.07, 6.45) is -5.18. The number of morpholine rings is 1. The summed E-state index contributed by atoms with van der Waals surface area (Å²) in [5.41, 5.74) is -0.402. The summed E-state index contributed by atoms with van der Waals surface area (Å²) in [6.45, 7) is 0.421. The largest absolute Gasteiger partial charge is 0.490 e. The zero-order valence-electron chi connectivity index (χ0n) is 23.3. The van der Waals surface area contributed by atoms with Crippen LogP contribution in [0.4, 0.5) is 5.82 Å². The van der Waals surface area contributed by atoms with Crippen LogP contribution in [-0.4, -0.2) is 85.7 Å². The van der Waals surface area contributed by atoms with E-state index in [4.69, 9.17) is 14.0 Å². The predicted molar refractivity (Wildman–Crippen MR) is 154 cm³/mol. The van der Waals surface area contributed by atoms with Gasteiger partial charge in [-0.05, 0) is 28.5 Å². The molecule has 3 heterocycles. The van der Waals surface area contributed by atoms with E-state index in [0.29, 0.717) is 37.7 Å². The number of nitrogens with zero attached hydrogens (tertiary/aromatic N) is 3. The smallest absolute Gasteiger partial charge is 0.387 e. The van der Waals surface area contributed by atoms with Crippen LogP contribution < -0.4 is 10.6 Å². The molecule has 2 fully saturated rings. The zero-order valence-corrected chi connectivity index (χ0v) is 25.9. The molecule has 0 radical (unpaired) electrons. The molecule has 2 saturated heterocycles. The number of phosphoric ester groups is 2. The maximum Gasteiger partial charge on any atom is 0.490 e. The van der Waals surface area contributed by atoms with E-state index in [1.54, 1.807) is 30.3 Å². The number of phosphoric acid groups is 3. The van der Waals surface area contributed by atoms with Crippen molar-refractivity contribution in [3.05, 3.63) is 70.8 Å². The van der Waals surface area contributed by atoms with Crippen LogP contribution >= 0.6 is 23.5 Å². The lowest BCUT2D eigenvalue weighted by molar-refractivity contribution is -0.0541. The molecule has 5 N–H and O–H groups in total. The topological polar surface area (TPSA) is 246 Å². The van der Waals surface area contributed by atoms with Crippen molar-refractivity contribution >= 4 is 40.1 Å². The number of benzene rings is 2. The number of anilines is 1. The van der Waals surface area contributed by atoms with Gasteiger partial charge in [-0.3, -0.25) is 13.6 Å². The Morgan fingerprint density at radius 3 is 2.22 bits per heavy atom. The average molecular weight is 693 g/mol. The number of aliphatic hydroxyl groups excluding tert-OH is 2. The van der Waals surface area contributed by atoms with Gasteiger partial charge in [0.2, 0.25) is 0 Å². The van der Waals surface area contributed by atoms with E-state index >= 15 is 0 Å². The number of aromatic nitrogens is 2. The van der Waals surface area contributed by atoms with Crippen molar-refractivity contribution < 1.29 is 65.7 Å². The Kier molecular flexibility index (Phi) is 10.4. The minimum absolute atomic E-state index is 0.369. The van der Waals surface area contributed by atoms with Gasteiger partial charge in [0, 0.05) is 19.3 Å². The number of fused-ring (bicyclic) bond motifs is 1. The van der Waals surface area contributed by atoms with Crippen LogP contribution in [0.1, 0.15) is 11.8 Å². The molecule has 0 bridgehead atoms. The van der Waals surface area contributed by atoms with Gasteiger partial charge in [-0.15, -0.1) is 0 Å². The third-order valence-corrected chi connectivity index (χ3v) is 11.0. The molecule has 0 spiro atoms. The van der Waals surface area contributed by atoms with Gasteiger partial charge in [-0.1, -0.05) is 36.4 Å². The molecule has 0 amide bonds. The predicted octanol–water partition coefficient (Wildman–Crippen LogP) is 1.42. The Labute approximate surface area is 255 Å². The van der Waals surface area contributed by atoms with Crippen molar-refractivity contribution in [1.82, 2.24) is 9.55 Å². The van der Waals surface area contributed by atoms with Crippen molar-refractivity contribution in [2.24, 2.45) is 0 Å². The van der Waals surface area contributed by atoms with Crippen LogP contribution in [-0.2, 0) is 47.4 Å². The molecule has 2 aliphatic heterocycles. The molecule has 18 nitrogen and oxygen atoms in total. The molecule has 5 rings (SSSR count). The first kappa shape index (κ1) is 34.0. The summed E-state index contributed by atoms with van der Waals surface area (Å²) in [5, 5.41) is 22.5. The quantitative estimate of drug-likeness (QED) is 0.168. The third-order valence-electron chi connectivity index (χ3n) is 6.78. The van der Waals surface area contributed by atoms with Crippen molar-refractivity contribution in [2.75, 3.05) is 37.8 Å². The molecule has 246 valence electrons. The third kappa shape index (κ3) is 8.71. The summed E-state index contributed by atoms with van der Waals surface area (Å²) in [6, 6.07) is 13.7. The fraction of sp³-hybridized carbons (Fsp3) is 0.417. The molecule has 1 aromatic heterocycles. The van der Waals surface area contributed by atoms with Crippen LogP contribution in [0.2, 0.25) is 0 Å². The minimum atomic E-state index is -5.76. The van der Waals surface area contributed by atoms with E-state index in [0.717, 1.165) is 15.3 Å². The lowest BCUT2D eigenvalue weighted by atomic mass is 10.1. The fourth-order valence-corrected chi connectivity index (χ4v) is 8.14. The van der Waals surface area contributed by atoms with Crippen molar-refractivity contribution in [1.29, 1.82) is 0 Å². The second-order valence-electron chi connectivity index (χ2n) is 9.94. The van der Waals surface area contributed by atoms with Crippen molar-refractivity contribution in [2.45, 2.75) is 31.1 Å². The Morgan fingerprint density at radius 1 is 0.867 bits per heavy atom. The molecule has 0 saturated carbocycles. The second-order valence-corrected chi connectivity index (χ2v) is 14.6. The van der Waals surface area contributed by atoms with Gasteiger partial charge in [0.05, 0.1) is 26.4 Å². The highest BCUT2D eigenvalue weighted by molar-refractivity contribution is 7.66. The van der Waals surface area contributed by atoms with Crippen molar-refractivity contribution in [3.63, 3.8) is 0 Å². The number of hydrogen-bond donors (Lipinski definition) is 5. The van der Waals surface area contributed by atoms with Gasteiger partial charge in [0.1, 0.15) is 24.1 Å². The van der Waals surface area contributed by atoms with Crippen LogP contribution in [0.25, 0.3) is 10.8 Å². The standard InChI is InChI=1S/C24H30N3O15P3/c28-21-19(40-23(22(21)29)27-8-7-20(25-24(27)30)26-9-11-37-12-10-26)15-39-44(33,34)42-45(35,36)41-43(31,32)38-14-16-5-6-17-3-1-2-4-18(17)13-16/h1-8,13,19,21-23,28-29H,9-12,14-15H2,(H,31,32)(H,33,34)(H,35,36)/t19-,21?,22+,23-/m1/s1. The molecule has 0 aliphatic carbocycles. The number of hydrogen-bond acceptors (Lipinski definition) is 14. The zero-order chi connectivity index (χ0) is 32.4. The van der Waals surface area contributed by atoms with Crippen molar-refractivity contribution in [3.8, 4) is 0 Å². The number of aliphatic hydroxyl groups is 2. The molecular formula is C24H30N3O15P3. The van der Waals surface area contributed by atoms with Gasteiger partial charge in [0.15, 0.2) is 6.23 Å². The van der Waals surface area contributed by atoms with Gasteiger partial charge in [-0.2, -0.15) is 13.6 Å². The highest BCUT2D eigenvalue weighted by Crippen LogP contribution is 2.67. The summed E-state index contributed by atoms with van der Waals surface area (Å²) in [5.74, 6) is 0.369. The Balaban J connectivity index is 1.15. The molecule has 2 aromatic carbocycles. The maximum atomic E-state index is 12.7. The molecule has 7 atom stereocenters. The van der Waals surface area contributed by atoms with Gasteiger partial charge in [-0.25, -0.2) is 18.5 Å². The van der Waals surface area contributed by atoms with Gasteiger partial charge < -0.3 is 39.3 Å². The lowest BCUT2D eigenvalue weighted by Crippen LogP contribution is -2.40. The van der Waals surface area contributed by atoms with E-state index in [1.165, 1.54) is 12.3 Å². The SMILES string of the molecule is O=c1nc(N2CCOCC2)ccn1[C@@H]1O[C@H](COP(=O)(O)OP(=O)(O)OP(=O)(O)OCc2ccc3ccccc3c2)C(O)[C@@H]1O. The summed E-state index contributed by atoms with van der Waals surface area (Å²) >= 11 is 0. The van der Waals surface area contributed by atoms with E-state index in [1.807, 2.05) is 17.0 Å². The van der Waals surface area contributed by atoms with Crippen LogP contribution in [0.15, 0.2) is 59.5 Å². The van der Waals surface area contributed by atoms with Crippen LogP contribution in [0.3, 0.4) is 0 Å². The molecule has 4 unspecified atom stereocenters. The summed E-state index contributed by atoms with van der Waals surface area (Å²) in [4.78, 5) is 48.2. The Bertz CT molecular complexity index is 1720. The minimum Gasteiger partial charge on any atom is -0.387 e. The van der Waals surface area contributed by atoms with Crippen LogP contribution in [0.5, 0.6) is 0 Å². The molecule has 3 aromatic rings. The monoisotopic (exact) mass is 693 g/mol. The Morgan fingerprint density at radius 2 is 1.53 bits per heavy atom. The van der Waals surface area contributed by atoms with Gasteiger partial charge >= 0.3 is 29.2 Å². The fourth-order valence-electron chi connectivity index (χ4n) is 4.64. The van der Waals surface area contributed by atoms with Gasteiger partial charge in [0.25, 0.3) is 0 Å². The summed E-state index contributed by atoms with van der Waals surface area (Å²) in [7, 11) is -16.6. The Hall–Kier alpha value is -2.37. The first-order valence-corrected chi connectivity index (χ1v) is 17.8. The average Bonchev–Trinajstić information content (AvgIpc) is 3.27. The van der Waals surface area contributed by atoms with Crippen LogP contribution in [0, 0.1) is 0 Å². The first-order valence-electron chi connectivity index (χ1n) is 13.3. The van der Waals surface area contributed by atoms with E-state index in [9.17, 15) is 43.4 Å². The molecular weight excluding hydrogens is 663 g/mol. The van der Waals surface area contributed by atoms with E-state index in [-0.39, 0.29) is 0 Å². The molecule has 21 heteroatoms. The number of rotatable bonds is 12. The summed E-state index contributed by atoms with van der Waals surface area (Å²) < 4.78 is 66.1. The normalized spacial score (nSPS) is 26.3. The second kappa shape index (κ2) is 13.8. The molecule has 45 heavy (non-hydrogen) atoms.